The van der Waals surface area contributed by atoms with Gasteiger partial charge in [-0.2, -0.15) is 0 Å². The standard InChI is InChI=1S/C23H25NO.2C2H6/c1-5-9-19-16(6-2)12-15(3)23-22(19)24(4)20-13-17-10-7-8-11-18(17)14-21(20)25-23;2*1-2/h5,7-11,13-15H,6,12H2,1-4H3;2*1-2H3/b9-5-;;. The summed E-state index contributed by atoms with van der Waals surface area (Å²) in [6, 6.07) is 12.9. The maximum atomic E-state index is 6.47. The largest absolute Gasteiger partial charge is 0.457 e. The lowest BCUT2D eigenvalue weighted by atomic mass is 9.84. The highest BCUT2D eigenvalue weighted by atomic mass is 16.5. The van der Waals surface area contributed by atoms with Crippen molar-refractivity contribution in [3.63, 3.8) is 0 Å². The number of hydrogen-bond acceptors (Lipinski definition) is 2. The molecule has 1 unspecified atom stereocenters. The number of ether oxygens (including phenoxy) is 1. The Labute approximate surface area is 177 Å². The van der Waals surface area contributed by atoms with Crippen molar-refractivity contribution in [3.8, 4) is 5.75 Å². The number of hydrogen-bond donors (Lipinski definition) is 0. The van der Waals surface area contributed by atoms with Gasteiger partial charge in [-0.15, -0.1) is 0 Å². The van der Waals surface area contributed by atoms with Gasteiger partial charge >= 0.3 is 0 Å². The Morgan fingerprint density at radius 1 is 1.07 bits per heavy atom. The summed E-state index contributed by atoms with van der Waals surface area (Å²) in [6.07, 6.45) is 6.53. The van der Waals surface area contributed by atoms with E-state index in [-0.39, 0.29) is 0 Å². The first-order valence-electron chi connectivity index (χ1n) is 11.2. The molecule has 2 heteroatoms. The molecule has 0 amide bonds. The van der Waals surface area contributed by atoms with E-state index in [2.05, 4.69) is 81.3 Å². The predicted octanol–water partition coefficient (Wildman–Crippen LogP) is 8.25. The summed E-state index contributed by atoms with van der Waals surface area (Å²) < 4.78 is 6.47. The van der Waals surface area contributed by atoms with Gasteiger partial charge in [0.15, 0.2) is 5.75 Å². The second-order valence-electron chi connectivity index (χ2n) is 7.02. The monoisotopic (exact) mass is 391 g/mol. The smallest absolute Gasteiger partial charge is 0.151 e. The maximum absolute atomic E-state index is 6.47. The zero-order valence-electron chi connectivity index (χ0n) is 19.5. The molecular weight excluding hydrogens is 354 g/mol. The molecule has 0 bridgehead atoms. The first-order valence-corrected chi connectivity index (χ1v) is 11.2. The molecule has 0 radical (unpaired) electrons. The molecule has 2 nitrogen and oxygen atoms in total. The van der Waals surface area contributed by atoms with Crippen molar-refractivity contribution >= 4 is 16.5 Å². The van der Waals surface area contributed by atoms with Gasteiger partial charge in [-0.05, 0) is 42.7 Å². The Balaban J connectivity index is 0.000000707. The van der Waals surface area contributed by atoms with E-state index in [0.717, 1.165) is 30.0 Å². The second kappa shape index (κ2) is 10.3. The van der Waals surface area contributed by atoms with Gasteiger partial charge in [0.05, 0.1) is 11.4 Å². The summed E-state index contributed by atoms with van der Waals surface area (Å²) >= 11 is 0. The highest BCUT2D eigenvalue weighted by Gasteiger charge is 2.34. The van der Waals surface area contributed by atoms with Crippen molar-refractivity contribution in [1.82, 2.24) is 0 Å². The fourth-order valence-electron chi connectivity index (χ4n) is 4.09. The average Bonchev–Trinajstić information content (AvgIpc) is 2.77. The first-order chi connectivity index (χ1) is 14.1. The van der Waals surface area contributed by atoms with E-state index in [0.29, 0.717) is 5.92 Å². The lowest BCUT2D eigenvalue weighted by molar-refractivity contribution is 0.335. The van der Waals surface area contributed by atoms with E-state index in [1.165, 1.54) is 27.6 Å². The van der Waals surface area contributed by atoms with Crippen molar-refractivity contribution in [1.29, 1.82) is 0 Å². The number of anilines is 1. The van der Waals surface area contributed by atoms with Crippen molar-refractivity contribution in [2.75, 3.05) is 11.9 Å². The zero-order valence-corrected chi connectivity index (χ0v) is 19.5. The summed E-state index contributed by atoms with van der Waals surface area (Å²) in [5.41, 5.74) is 5.23. The van der Waals surface area contributed by atoms with Gasteiger partial charge in [-0.3, -0.25) is 0 Å². The quantitative estimate of drug-likeness (QED) is 0.511. The molecule has 2 aliphatic rings. The van der Waals surface area contributed by atoms with Crippen LogP contribution in [0.2, 0.25) is 0 Å². The summed E-state index contributed by atoms with van der Waals surface area (Å²) in [4.78, 5) is 2.32. The number of fused-ring (bicyclic) bond motifs is 2. The molecule has 156 valence electrons. The highest BCUT2D eigenvalue weighted by Crippen LogP contribution is 2.47. The van der Waals surface area contributed by atoms with Crippen LogP contribution in [-0.4, -0.2) is 7.05 Å². The minimum Gasteiger partial charge on any atom is -0.457 e. The number of likely N-dealkylation sites (N-methyl/N-ethyl adjacent to an activating group) is 1. The molecule has 0 aromatic heterocycles. The van der Waals surface area contributed by atoms with Gasteiger partial charge in [0.1, 0.15) is 5.76 Å². The third-order valence-electron chi connectivity index (χ3n) is 5.37. The number of nitrogens with zero attached hydrogens (tertiary/aromatic N) is 1. The van der Waals surface area contributed by atoms with Crippen LogP contribution in [0.3, 0.4) is 0 Å². The van der Waals surface area contributed by atoms with Crippen LogP contribution in [0.4, 0.5) is 5.69 Å². The van der Waals surface area contributed by atoms with Gasteiger partial charge in [0.25, 0.3) is 0 Å². The van der Waals surface area contributed by atoms with Crippen LogP contribution in [0.5, 0.6) is 5.75 Å². The van der Waals surface area contributed by atoms with Gasteiger partial charge in [0, 0.05) is 18.5 Å². The molecule has 0 spiro atoms. The van der Waals surface area contributed by atoms with Gasteiger partial charge in [-0.1, -0.05) is 83.5 Å². The van der Waals surface area contributed by atoms with Crippen molar-refractivity contribution in [3.05, 3.63) is 71.2 Å². The van der Waals surface area contributed by atoms with Crippen LogP contribution in [0.15, 0.2) is 71.2 Å². The van der Waals surface area contributed by atoms with E-state index in [4.69, 9.17) is 4.74 Å². The molecule has 29 heavy (non-hydrogen) atoms. The summed E-state index contributed by atoms with van der Waals surface area (Å²) in [6.45, 7) is 14.6. The predicted molar refractivity (Wildman–Crippen MR) is 129 cm³/mol. The fourth-order valence-corrected chi connectivity index (χ4v) is 4.09. The molecule has 2 aromatic carbocycles. The van der Waals surface area contributed by atoms with E-state index in [1.807, 2.05) is 27.7 Å². The highest BCUT2D eigenvalue weighted by molar-refractivity contribution is 5.90. The van der Waals surface area contributed by atoms with Crippen LogP contribution < -0.4 is 9.64 Å². The average molecular weight is 392 g/mol. The minimum atomic E-state index is 0.404. The van der Waals surface area contributed by atoms with Crippen LogP contribution in [-0.2, 0) is 0 Å². The topological polar surface area (TPSA) is 12.5 Å². The first kappa shape index (κ1) is 22.8. The third kappa shape index (κ3) is 4.27. The van der Waals surface area contributed by atoms with E-state index < -0.39 is 0 Å². The number of benzene rings is 2. The van der Waals surface area contributed by atoms with Crippen molar-refractivity contribution in [2.45, 2.75) is 61.3 Å². The molecule has 1 atom stereocenters. The van der Waals surface area contributed by atoms with Crippen LogP contribution >= 0.6 is 0 Å². The molecule has 2 aromatic rings. The lowest BCUT2D eigenvalue weighted by Gasteiger charge is -2.39. The summed E-state index contributed by atoms with van der Waals surface area (Å²) in [5.74, 6) is 2.48. The molecule has 1 aliphatic carbocycles. The van der Waals surface area contributed by atoms with Gasteiger partial charge in [0.2, 0.25) is 0 Å². The Bertz CT molecular complexity index is 933. The Morgan fingerprint density at radius 3 is 2.28 bits per heavy atom. The van der Waals surface area contributed by atoms with Crippen molar-refractivity contribution in [2.24, 2.45) is 5.92 Å². The second-order valence-corrected chi connectivity index (χ2v) is 7.02. The maximum Gasteiger partial charge on any atom is 0.151 e. The lowest BCUT2D eigenvalue weighted by Crippen LogP contribution is -2.31. The minimum absolute atomic E-state index is 0.404. The molecule has 0 saturated heterocycles. The Morgan fingerprint density at radius 2 is 1.69 bits per heavy atom. The number of rotatable bonds is 2. The van der Waals surface area contributed by atoms with Crippen molar-refractivity contribution < 1.29 is 4.74 Å². The van der Waals surface area contributed by atoms with Crippen LogP contribution in [0.25, 0.3) is 10.8 Å². The molecule has 1 aliphatic heterocycles. The van der Waals surface area contributed by atoms with Gasteiger partial charge in [-0.25, -0.2) is 0 Å². The normalized spacial score (nSPS) is 17.8. The van der Waals surface area contributed by atoms with E-state index in [9.17, 15) is 0 Å². The van der Waals surface area contributed by atoms with Crippen LogP contribution in [0, 0.1) is 5.92 Å². The Kier molecular flexibility index (Phi) is 8.13. The molecular formula is C27H37NO. The number of allylic oxidation sites excluding steroid dienone is 4. The van der Waals surface area contributed by atoms with E-state index >= 15 is 0 Å². The molecule has 1 heterocycles. The Hall–Kier alpha value is -2.48. The SMILES string of the molecule is C/C=C\C1=C(CC)CC(C)C2=C1N(C)c1cc3ccccc3cc1O2.CC.CC. The fraction of sp³-hybridized carbons (Fsp3) is 0.407. The van der Waals surface area contributed by atoms with Crippen LogP contribution in [0.1, 0.15) is 61.3 Å². The van der Waals surface area contributed by atoms with Gasteiger partial charge < -0.3 is 9.64 Å². The molecule has 0 saturated carbocycles. The summed E-state index contributed by atoms with van der Waals surface area (Å²) in [5, 5.41) is 2.47. The zero-order chi connectivity index (χ0) is 21.6. The van der Waals surface area contributed by atoms with E-state index in [1.54, 1.807) is 0 Å². The molecule has 0 fully saturated rings. The summed E-state index contributed by atoms with van der Waals surface area (Å²) in [7, 11) is 2.17. The molecule has 0 N–H and O–H groups in total. The molecule has 4 rings (SSSR count). The third-order valence-corrected chi connectivity index (χ3v) is 5.37.